The number of pyridine rings is 1. The highest BCUT2D eigenvalue weighted by Gasteiger charge is 2.12. The van der Waals surface area contributed by atoms with Crippen molar-refractivity contribution in [3.05, 3.63) is 40.5 Å². The Balaban J connectivity index is 2.79. The molecule has 0 aliphatic heterocycles. The average Bonchev–Trinajstić information content (AvgIpc) is 2.27. The highest BCUT2D eigenvalue weighted by atomic mass is 35.5. The van der Waals surface area contributed by atoms with E-state index in [1.54, 1.807) is 12.1 Å². The van der Waals surface area contributed by atoms with Crippen molar-refractivity contribution in [2.75, 3.05) is 7.11 Å². The fraction of sp³-hybridized carbons (Fsp3) is 0.167. The predicted octanol–water partition coefficient (Wildman–Crippen LogP) is 2.98. The molecule has 82 valence electrons. The molecule has 1 aromatic carbocycles. The maximum atomic E-state index is 11.6. The fourth-order valence-corrected chi connectivity index (χ4v) is 1.79. The van der Waals surface area contributed by atoms with E-state index >= 15 is 0 Å². The van der Waals surface area contributed by atoms with Gasteiger partial charge in [0.25, 0.3) is 0 Å². The Bertz CT molecular complexity index is 566. The van der Waals surface area contributed by atoms with E-state index in [1.165, 1.54) is 7.11 Å². The Labute approximate surface area is 98.0 Å². The first-order valence-corrected chi connectivity index (χ1v) is 5.15. The number of benzene rings is 1. The van der Waals surface area contributed by atoms with Gasteiger partial charge in [-0.3, -0.25) is 4.98 Å². The Morgan fingerprint density at radius 2 is 2.12 bits per heavy atom. The maximum Gasteiger partial charge on any atom is 0.340 e. The number of nitrogens with zero attached hydrogens (tertiary/aromatic N) is 1. The molecule has 3 nitrogen and oxygen atoms in total. The van der Waals surface area contributed by atoms with Gasteiger partial charge in [-0.05, 0) is 25.1 Å². The van der Waals surface area contributed by atoms with Gasteiger partial charge in [0.2, 0.25) is 0 Å². The van der Waals surface area contributed by atoms with Crippen LogP contribution in [0.25, 0.3) is 10.9 Å². The summed E-state index contributed by atoms with van der Waals surface area (Å²) < 4.78 is 4.70. The van der Waals surface area contributed by atoms with Crippen molar-refractivity contribution in [2.45, 2.75) is 6.92 Å². The van der Waals surface area contributed by atoms with E-state index in [1.807, 2.05) is 19.1 Å². The minimum atomic E-state index is -0.425. The maximum absolute atomic E-state index is 11.6. The van der Waals surface area contributed by atoms with Gasteiger partial charge in [0, 0.05) is 16.1 Å². The molecule has 0 atom stereocenters. The third kappa shape index (κ3) is 1.86. The number of carbonyl (C=O) groups is 1. The summed E-state index contributed by atoms with van der Waals surface area (Å²) in [5, 5.41) is 1.33. The molecule has 4 heteroatoms. The van der Waals surface area contributed by atoms with Crippen LogP contribution in [-0.4, -0.2) is 18.1 Å². The molecular formula is C12H10ClNO2. The summed E-state index contributed by atoms with van der Waals surface area (Å²) in [6.07, 6.45) is 0. The molecule has 1 aromatic heterocycles. The van der Waals surface area contributed by atoms with Crippen LogP contribution in [0.3, 0.4) is 0 Å². The van der Waals surface area contributed by atoms with Crippen LogP contribution in [0.4, 0.5) is 0 Å². The minimum Gasteiger partial charge on any atom is -0.465 e. The molecule has 0 saturated heterocycles. The van der Waals surface area contributed by atoms with Crippen LogP contribution in [0.15, 0.2) is 24.3 Å². The van der Waals surface area contributed by atoms with Gasteiger partial charge >= 0.3 is 5.97 Å². The van der Waals surface area contributed by atoms with Crippen LogP contribution in [0, 0.1) is 6.92 Å². The third-order valence-corrected chi connectivity index (χ3v) is 2.52. The summed E-state index contributed by atoms with van der Waals surface area (Å²) in [6.45, 7) is 1.87. The van der Waals surface area contributed by atoms with Gasteiger partial charge < -0.3 is 4.74 Å². The number of fused-ring (bicyclic) bond motifs is 1. The van der Waals surface area contributed by atoms with Crippen LogP contribution in [0.1, 0.15) is 16.1 Å². The monoisotopic (exact) mass is 235 g/mol. The van der Waals surface area contributed by atoms with Gasteiger partial charge in [0.1, 0.15) is 0 Å². The molecule has 0 aliphatic carbocycles. The zero-order valence-corrected chi connectivity index (χ0v) is 9.71. The van der Waals surface area contributed by atoms with Crippen LogP contribution < -0.4 is 0 Å². The molecule has 0 spiro atoms. The van der Waals surface area contributed by atoms with E-state index in [0.29, 0.717) is 16.1 Å². The normalized spacial score (nSPS) is 10.4. The first-order valence-electron chi connectivity index (χ1n) is 4.77. The molecule has 0 aliphatic rings. The molecule has 0 saturated carbocycles. The Morgan fingerprint density at radius 3 is 2.81 bits per heavy atom. The van der Waals surface area contributed by atoms with E-state index in [-0.39, 0.29) is 0 Å². The van der Waals surface area contributed by atoms with Crippen LogP contribution in [0.5, 0.6) is 0 Å². The number of aromatic nitrogens is 1. The average molecular weight is 236 g/mol. The number of hydrogen-bond acceptors (Lipinski definition) is 3. The number of hydrogen-bond donors (Lipinski definition) is 0. The molecule has 2 rings (SSSR count). The number of rotatable bonds is 1. The van der Waals surface area contributed by atoms with Gasteiger partial charge in [-0.25, -0.2) is 4.79 Å². The lowest BCUT2D eigenvalue weighted by atomic mass is 10.1. The summed E-state index contributed by atoms with van der Waals surface area (Å²) >= 11 is 5.93. The SMILES string of the molecule is COC(=O)c1cc(Cl)cc2ccc(C)nc12. The smallest absolute Gasteiger partial charge is 0.340 e. The van der Waals surface area contributed by atoms with Crippen LogP contribution >= 0.6 is 11.6 Å². The summed E-state index contributed by atoms with van der Waals surface area (Å²) in [5.74, 6) is -0.425. The van der Waals surface area contributed by atoms with Crippen molar-refractivity contribution in [3.8, 4) is 0 Å². The molecule has 16 heavy (non-hydrogen) atoms. The topological polar surface area (TPSA) is 39.2 Å². The van der Waals surface area contributed by atoms with Crippen LogP contribution in [-0.2, 0) is 4.74 Å². The number of methoxy groups -OCH3 is 1. The lowest BCUT2D eigenvalue weighted by Gasteiger charge is -2.05. The number of carbonyl (C=O) groups excluding carboxylic acids is 1. The van der Waals surface area contributed by atoms with Gasteiger partial charge in [0.05, 0.1) is 18.2 Å². The molecule has 0 bridgehead atoms. The Morgan fingerprint density at radius 1 is 1.38 bits per heavy atom. The molecular weight excluding hydrogens is 226 g/mol. The Kier molecular flexibility index (Phi) is 2.79. The number of ether oxygens (including phenoxy) is 1. The van der Waals surface area contributed by atoms with Gasteiger partial charge in [-0.2, -0.15) is 0 Å². The zero-order valence-electron chi connectivity index (χ0n) is 8.95. The highest BCUT2D eigenvalue weighted by Crippen LogP contribution is 2.23. The number of esters is 1. The van der Waals surface area contributed by atoms with Crippen molar-refractivity contribution in [1.29, 1.82) is 0 Å². The van der Waals surface area contributed by atoms with E-state index in [2.05, 4.69) is 4.98 Å². The van der Waals surface area contributed by atoms with E-state index in [9.17, 15) is 4.79 Å². The molecule has 0 radical (unpaired) electrons. The lowest BCUT2D eigenvalue weighted by Crippen LogP contribution is -2.03. The van der Waals surface area contributed by atoms with Crippen molar-refractivity contribution in [3.63, 3.8) is 0 Å². The summed E-state index contributed by atoms with van der Waals surface area (Å²) in [4.78, 5) is 15.9. The predicted molar refractivity (Wildman–Crippen MR) is 62.8 cm³/mol. The van der Waals surface area contributed by atoms with E-state index in [0.717, 1.165) is 11.1 Å². The van der Waals surface area contributed by atoms with Gasteiger partial charge in [-0.1, -0.05) is 17.7 Å². The van der Waals surface area contributed by atoms with Crippen molar-refractivity contribution >= 4 is 28.5 Å². The van der Waals surface area contributed by atoms with Crippen molar-refractivity contribution in [1.82, 2.24) is 4.98 Å². The standard InChI is InChI=1S/C12H10ClNO2/c1-7-3-4-8-5-9(13)6-10(11(8)14-7)12(15)16-2/h3-6H,1-2H3. The van der Waals surface area contributed by atoms with E-state index in [4.69, 9.17) is 16.3 Å². The first-order chi connectivity index (χ1) is 7.61. The van der Waals surface area contributed by atoms with Crippen molar-refractivity contribution < 1.29 is 9.53 Å². The molecule has 0 unspecified atom stereocenters. The fourth-order valence-electron chi connectivity index (χ4n) is 1.56. The third-order valence-electron chi connectivity index (χ3n) is 2.30. The molecule has 0 fully saturated rings. The summed E-state index contributed by atoms with van der Waals surface area (Å²) in [6, 6.07) is 7.10. The van der Waals surface area contributed by atoms with Crippen LogP contribution in [0.2, 0.25) is 5.02 Å². The number of aryl methyl sites for hydroxylation is 1. The van der Waals surface area contributed by atoms with Crippen molar-refractivity contribution in [2.24, 2.45) is 0 Å². The second kappa shape index (κ2) is 4.10. The van der Waals surface area contributed by atoms with E-state index < -0.39 is 5.97 Å². The summed E-state index contributed by atoms with van der Waals surface area (Å²) in [7, 11) is 1.34. The van der Waals surface area contributed by atoms with Gasteiger partial charge in [0.15, 0.2) is 0 Å². The zero-order chi connectivity index (χ0) is 11.7. The lowest BCUT2D eigenvalue weighted by molar-refractivity contribution is 0.0603. The second-order valence-corrected chi connectivity index (χ2v) is 3.91. The van der Waals surface area contributed by atoms with Gasteiger partial charge in [-0.15, -0.1) is 0 Å². The second-order valence-electron chi connectivity index (χ2n) is 3.47. The highest BCUT2D eigenvalue weighted by molar-refractivity contribution is 6.32. The minimum absolute atomic E-state index is 0.397. The summed E-state index contributed by atoms with van der Waals surface area (Å²) in [5.41, 5.74) is 1.87. The number of halogens is 1. The quantitative estimate of drug-likeness (QED) is 0.714. The molecule has 2 aromatic rings. The Hall–Kier alpha value is -1.61. The molecule has 0 amide bonds. The first kappa shape index (κ1) is 10.9. The molecule has 0 N–H and O–H groups in total. The largest absolute Gasteiger partial charge is 0.465 e. The molecule has 1 heterocycles.